The molecule has 3 heterocycles. The summed E-state index contributed by atoms with van der Waals surface area (Å²) >= 11 is 4.82. The van der Waals surface area contributed by atoms with E-state index in [1.807, 2.05) is 39.0 Å². The molecule has 3 aromatic heterocycles. The van der Waals surface area contributed by atoms with Crippen LogP contribution in [0.2, 0.25) is 0 Å². The van der Waals surface area contributed by atoms with E-state index in [4.69, 9.17) is 9.97 Å². The van der Waals surface area contributed by atoms with Crippen molar-refractivity contribution in [3.63, 3.8) is 0 Å². The van der Waals surface area contributed by atoms with E-state index < -0.39 is 0 Å². The van der Waals surface area contributed by atoms with Crippen LogP contribution in [-0.2, 0) is 0 Å². The Kier molecular flexibility index (Phi) is 4.69. The van der Waals surface area contributed by atoms with Gasteiger partial charge in [-0.05, 0) is 26.3 Å². The number of aromatic amines is 1. The largest absolute Gasteiger partial charge is 0.309 e. The van der Waals surface area contributed by atoms with E-state index in [0.29, 0.717) is 11.2 Å². The molecule has 0 bridgehead atoms. The number of aromatic nitrogens is 3. The minimum absolute atomic E-state index is 0.0181. The van der Waals surface area contributed by atoms with Gasteiger partial charge in [-0.15, -0.1) is 22.7 Å². The molecule has 0 unspecified atom stereocenters. The minimum atomic E-state index is -0.0524. The Labute approximate surface area is 163 Å². The molecule has 0 aliphatic rings. The van der Waals surface area contributed by atoms with Crippen LogP contribution in [0.5, 0.6) is 0 Å². The second-order valence-electron chi connectivity index (χ2n) is 6.04. The summed E-state index contributed by atoms with van der Waals surface area (Å²) in [5.41, 5.74) is 3.06. The van der Waals surface area contributed by atoms with Crippen LogP contribution in [0.1, 0.15) is 28.4 Å². The Bertz CT molecular complexity index is 1130. The number of hydrogen-bond donors (Lipinski definition) is 1. The van der Waals surface area contributed by atoms with Crippen molar-refractivity contribution in [1.82, 2.24) is 15.0 Å². The Hall–Kier alpha value is -1.96. The summed E-state index contributed by atoms with van der Waals surface area (Å²) in [6, 6.07) is 10.1. The molecule has 0 aliphatic carbocycles. The maximum atomic E-state index is 12.5. The number of thioether (sulfide) groups is 1. The van der Waals surface area contributed by atoms with Crippen molar-refractivity contribution in [3.8, 4) is 11.3 Å². The van der Waals surface area contributed by atoms with Crippen molar-refractivity contribution in [2.24, 2.45) is 0 Å². The molecule has 0 spiro atoms. The van der Waals surface area contributed by atoms with E-state index in [1.165, 1.54) is 0 Å². The van der Waals surface area contributed by atoms with Crippen molar-refractivity contribution in [3.05, 3.63) is 62.3 Å². The lowest BCUT2D eigenvalue weighted by molar-refractivity contribution is 0.924. The fourth-order valence-corrected chi connectivity index (χ4v) is 5.79. The van der Waals surface area contributed by atoms with Gasteiger partial charge in [0.1, 0.15) is 10.7 Å². The zero-order valence-corrected chi connectivity index (χ0v) is 17.0. The average Bonchev–Trinajstić information content (AvgIpc) is 3.21. The lowest BCUT2D eigenvalue weighted by Gasteiger charge is -2.08. The maximum absolute atomic E-state index is 12.5. The number of benzene rings is 1. The highest BCUT2D eigenvalue weighted by atomic mass is 32.2. The first-order valence-corrected chi connectivity index (χ1v) is 10.8. The highest BCUT2D eigenvalue weighted by molar-refractivity contribution is 8.01. The van der Waals surface area contributed by atoms with Gasteiger partial charge >= 0.3 is 0 Å². The number of thiazole rings is 1. The van der Waals surface area contributed by atoms with Gasteiger partial charge in [-0.3, -0.25) is 4.79 Å². The third-order valence-electron chi connectivity index (χ3n) is 4.27. The lowest BCUT2D eigenvalue weighted by Crippen LogP contribution is -2.12. The average molecular weight is 400 g/mol. The Morgan fingerprint density at radius 2 is 1.92 bits per heavy atom. The standard InChI is InChI=1S/C19H17N3OS3/c1-10-11(2)25-18-15(10)17(23)21-16(22-18)12(3)26-19-20-14(9-24-19)13-7-5-4-6-8-13/h4-9,12H,1-3H3,(H,21,22,23)/t12-/m0/s1. The second kappa shape index (κ2) is 6.98. The topological polar surface area (TPSA) is 58.6 Å². The fraction of sp³-hybridized carbons (Fsp3) is 0.211. The summed E-state index contributed by atoms with van der Waals surface area (Å²) in [6.07, 6.45) is 0. The van der Waals surface area contributed by atoms with Gasteiger partial charge < -0.3 is 4.98 Å². The molecule has 1 N–H and O–H groups in total. The zero-order valence-electron chi connectivity index (χ0n) is 14.6. The molecule has 4 aromatic rings. The van der Waals surface area contributed by atoms with Crippen molar-refractivity contribution < 1.29 is 0 Å². The van der Waals surface area contributed by atoms with Crippen molar-refractivity contribution >= 4 is 44.7 Å². The molecule has 0 aliphatic heterocycles. The van der Waals surface area contributed by atoms with Crippen LogP contribution < -0.4 is 5.56 Å². The molecule has 0 amide bonds. The molecule has 1 atom stereocenters. The zero-order chi connectivity index (χ0) is 18.3. The number of H-pyrrole nitrogens is 1. The van der Waals surface area contributed by atoms with Crippen LogP contribution in [0, 0.1) is 13.8 Å². The van der Waals surface area contributed by atoms with Gasteiger partial charge in [-0.2, -0.15) is 0 Å². The summed E-state index contributed by atoms with van der Waals surface area (Å²) in [7, 11) is 0. The van der Waals surface area contributed by atoms with Crippen molar-refractivity contribution in [2.75, 3.05) is 0 Å². The number of aryl methyl sites for hydroxylation is 2. The highest BCUT2D eigenvalue weighted by Gasteiger charge is 2.17. The molecule has 0 saturated carbocycles. The van der Waals surface area contributed by atoms with Gasteiger partial charge in [0.05, 0.1) is 16.3 Å². The van der Waals surface area contributed by atoms with Crippen molar-refractivity contribution in [2.45, 2.75) is 30.4 Å². The summed E-state index contributed by atoms with van der Waals surface area (Å²) in [5, 5.41) is 2.80. The van der Waals surface area contributed by atoms with Crippen LogP contribution >= 0.6 is 34.4 Å². The van der Waals surface area contributed by atoms with E-state index in [1.54, 1.807) is 34.4 Å². The Morgan fingerprint density at radius 3 is 2.69 bits per heavy atom. The normalized spacial score (nSPS) is 12.6. The van der Waals surface area contributed by atoms with Gasteiger partial charge in [0.2, 0.25) is 0 Å². The van der Waals surface area contributed by atoms with Crippen LogP contribution in [-0.4, -0.2) is 15.0 Å². The van der Waals surface area contributed by atoms with Crippen LogP contribution in [0.25, 0.3) is 21.5 Å². The van der Waals surface area contributed by atoms with Crippen LogP contribution in [0.3, 0.4) is 0 Å². The molecule has 1 aromatic carbocycles. The number of fused-ring (bicyclic) bond motifs is 1. The molecular formula is C19H17N3OS3. The van der Waals surface area contributed by atoms with Crippen molar-refractivity contribution in [1.29, 1.82) is 0 Å². The van der Waals surface area contributed by atoms with Crippen LogP contribution in [0.15, 0.2) is 44.8 Å². The molecule has 132 valence electrons. The molecule has 7 heteroatoms. The minimum Gasteiger partial charge on any atom is -0.309 e. The molecule has 4 rings (SSSR count). The molecular weight excluding hydrogens is 382 g/mol. The number of nitrogens with one attached hydrogen (secondary N) is 1. The summed E-state index contributed by atoms with van der Waals surface area (Å²) in [5.74, 6) is 0.699. The summed E-state index contributed by atoms with van der Waals surface area (Å²) in [4.78, 5) is 26.8. The van der Waals surface area contributed by atoms with E-state index >= 15 is 0 Å². The molecule has 0 saturated heterocycles. The second-order valence-corrected chi connectivity index (χ2v) is 9.69. The Morgan fingerprint density at radius 1 is 1.15 bits per heavy atom. The van der Waals surface area contributed by atoms with E-state index in [9.17, 15) is 4.79 Å². The molecule has 4 nitrogen and oxygen atoms in total. The third kappa shape index (κ3) is 3.22. The Balaban J connectivity index is 1.61. The van der Waals surface area contributed by atoms with E-state index in [2.05, 4.69) is 22.5 Å². The van der Waals surface area contributed by atoms with E-state index in [0.717, 1.165) is 30.9 Å². The monoisotopic (exact) mass is 399 g/mol. The van der Waals surface area contributed by atoms with E-state index in [-0.39, 0.29) is 10.8 Å². The smallest absolute Gasteiger partial charge is 0.259 e. The number of nitrogens with zero attached hydrogens (tertiary/aromatic N) is 2. The molecule has 0 fully saturated rings. The lowest BCUT2D eigenvalue weighted by atomic mass is 10.2. The molecule has 26 heavy (non-hydrogen) atoms. The summed E-state index contributed by atoms with van der Waals surface area (Å²) in [6.45, 7) is 6.05. The summed E-state index contributed by atoms with van der Waals surface area (Å²) < 4.78 is 0.970. The first-order valence-electron chi connectivity index (χ1n) is 8.20. The first kappa shape index (κ1) is 17.5. The molecule has 0 radical (unpaired) electrons. The predicted octanol–water partition coefficient (Wildman–Crippen LogP) is 5.58. The number of hydrogen-bond acceptors (Lipinski definition) is 6. The fourth-order valence-electron chi connectivity index (χ4n) is 2.72. The first-order chi connectivity index (χ1) is 12.5. The number of rotatable bonds is 4. The maximum Gasteiger partial charge on any atom is 0.259 e. The van der Waals surface area contributed by atoms with Gasteiger partial charge in [0, 0.05) is 15.8 Å². The highest BCUT2D eigenvalue weighted by Crippen LogP contribution is 2.37. The predicted molar refractivity (Wildman–Crippen MR) is 112 cm³/mol. The number of thiophene rings is 1. The quantitative estimate of drug-likeness (QED) is 0.455. The van der Waals surface area contributed by atoms with Gasteiger partial charge in [-0.25, -0.2) is 9.97 Å². The van der Waals surface area contributed by atoms with Crippen LogP contribution in [0.4, 0.5) is 0 Å². The SMILES string of the molecule is Cc1sc2nc([C@H](C)Sc3nc(-c4ccccc4)cs3)[nH]c(=O)c2c1C. The van der Waals surface area contributed by atoms with Gasteiger partial charge in [0.25, 0.3) is 5.56 Å². The van der Waals surface area contributed by atoms with Gasteiger partial charge in [-0.1, -0.05) is 42.1 Å². The van der Waals surface area contributed by atoms with Gasteiger partial charge in [0.15, 0.2) is 4.34 Å². The third-order valence-corrected chi connectivity index (χ3v) is 7.45.